The molecule has 1 amide bonds. The topological polar surface area (TPSA) is 32.3 Å². The predicted octanol–water partition coefficient (Wildman–Crippen LogP) is 1.74. The second kappa shape index (κ2) is 6.24. The maximum atomic E-state index is 12.1. The van der Waals surface area contributed by atoms with Gasteiger partial charge < -0.3 is 10.2 Å². The molecule has 16 heavy (non-hydrogen) atoms. The van der Waals surface area contributed by atoms with Gasteiger partial charge in [0.15, 0.2) is 0 Å². The van der Waals surface area contributed by atoms with Gasteiger partial charge in [0, 0.05) is 25.6 Å². The Morgan fingerprint density at radius 3 is 2.69 bits per heavy atom. The number of hydrogen-bond donors (Lipinski definition) is 1. The summed E-state index contributed by atoms with van der Waals surface area (Å²) in [6, 6.07) is 0. The van der Waals surface area contributed by atoms with Crippen LogP contribution in [-0.2, 0) is 4.79 Å². The molecule has 2 atom stereocenters. The minimum atomic E-state index is 0.114. The van der Waals surface area contributed by atoms with Crippen molar-refractivity contribution < 1.29 is 4.79 Å². The first-order valence-corrected chi connectivity index (χ1v) is 6.48. The molecule has 0 aromatic heterocycles. The molecular weight excluding hydrogens is 200 g/mol. The van der Waals surface area contributed by atoms with E-state index in [1.54, 1.807) is 0 Å². The first-order chi connectivity index (χ1) is 7.54. The Balaban J connectivity index is 2.37. The molecule has 0 aliphatic carbocycles. The van der Waals surface area contributed by atoms with Crippen molar-refractivity contribution in [1.82, 2.24) is 10.2 Å². The fourth-order valence-electron chi connectivity index (χ4n) is 2.60. The Morgan fingerprint density at radius 2 is 2.12 bits per heavy atom. The smallest absolute Gasteiger partial charge is 0.226 e. The van der Waals surface area contributed by atoms with Gasteiger partial charge in [0.2, 0.25) is 5.91 Å². The summed E-state index contributed by atoms with van der Waals surface area (Å²) in [5.74, 6) is 1.91. The molecule has 0 saturated carbocycles. The Morgan fingerprint density at radius 1 is 1.44 bits per heavy atom. The van der Waals surface area contributed by atoms with Gasteiger partial charge in [0.1, 0.15) is 0 Å². The summed E-state index contributed by atoms with van der Waals surface area (Å²) < 4.78 is 0. The average Bonchev–Trinajstić information content (AvgIpc) is 2.64. The van der Waals surface area contributed by atoms with Gasteiger partial charge in [0.25, 0.3) is 0 Å². The van der Waals surface area contributed by atoms with Gasteiger partial charge in [-0.05, 0) is 31.7 Å². The largest absolute Gasteiger partial charge is 0.342 e. The predicted molar refractivity (Wildman–Crippen MR) is 67.2 cm³/mol. The van der Waals surface area contributed by atoms with E-state index in [9.17, 15) is 4.79 Å². The summed E-state index contributed by atoms with van der Waals surface area (Å²) in [5, 5.41) is 3.07. The van der Waals surface area contributed by atoms with E-state index in [4.69, 9.17) is 0 Å². The van der Waals surface area contributed by atoms with E-state index in [-0.39, 0.29) is 5.92 Å². The molecular formula is C13H26N2O. The number of carbonyl (C=O) groups is 1. The Bertz CT molecular complexity index is 228. The molecule has 0 radical (unpaired) electrons. The lowest BCUT2D eigenvalue weighted by atomic mass is 9.97. The minimum absolute atomic E-state index is 0.114. The number of amides is 1. The van der Waals surface area contributed by atoms with Crippen molar-refractivity contribution in [3.63, 3.8) is 0 Å². The van der Waals surface area contributed by atoms with Gasteiger partial charge in [-0.3, -0.25) is 4.79 Å². The molecule has 2 unspecified atom stereocenters. The highest BCUT2D eigenvalue weighted by molar-refractivity contribution is 5.79. The highest BCUT2D eigenvalue weighted by Crippen LogP contribution is 2.24. The normalized spacial score (nSPS) is 22.8. The Kier molecular flexibility index (Phi) is 5.26. The fraction of sp³-hybridized carbons (Fsp3) is 0.923. The molecule has 3 heteroatoms. The summed E-state index contributed by atoms with van der Waals surface area (Å²) in [7, 11) is 1.90. The van der Waals surface area contributed by atoms with E-state index in [0.29, 0.717) is 5.91 Å². The van der Waals surface area contributed by atoms with E-state index in [1.807, 2.05) is 14.0 Å². The van der Waals surface area contributed by atoms with Crippen LogP contribution in [0.1, 0.15) is 33.6 Å². The van der Waals surface area contributed by atoms with Crippen LogP contribution in [0.3, 0.4) is 0 Å². The van der Waals surface area contributed by atoms with Crippen LogP contribution in [0.15, 0.2) is 0 Å². The fourth-order valence-corrected chi connectivity index (χ4v) is 2.60. The first kappa shape index (κ1) is 13.5. The number of hydrogen-bond acceptors (Lipinski definition) is 2. The third-order valence-corrected chi connectivity index (χ3v) is 3.33. The summed E-state index contributed by atoms with van der Waals surface area (Å²) in [6.45, 7) is 9.25. The van der Waals surface area contributed by atoms with Crippen LogP contribution in [0.5, 0.6) is 0 Å². The molecule has 1 aliphatic heterocycles. The molecule has 1 saturated heterocycles. The van der Waals surface area contributed by atoms with Crippen molar-refractivity contribution in [3.05, 3.63) is 0 Å². The van der Waals surface area contributed by atoms with Gasteiger partial charge in [0.05, 0.1) is 0 Å². The number of nitrogens with zero attached hydrogens (tertiary/aromatic N) is 1. The van der Waals surface area contributed by atoms with Crippen LogP contribution in [0.2, 0.25) is 0 Å². The zero-order valence-electron chi connectivity index (χ0n) is 11.1. The molecule has 0 spiro atoms. The lowest BCUT2D eigenvalue weighted by molar-refractivity contribution is -0.133. The summed E-state index contributed by atoms with van der Waals surface area (Å²) in [6.07, 6.45) is 2.44. The van der Waals surface area contributed by atoms with E-state index >= 15 is 0 Å². The maximum absolute atomic E-state index is 12.1. The summed E-state index contributed by atoms with van der Waals surface area (Å²) in [4.78, 5) is 14.1. The summed E-state index contributed by atoms with van der Waals surface area (Å²) >= 11 is 0. The SMILES string of the molecule is CNCC(C)C(=O)N1CCC(CC(C)C)C1. The van der Waals surface area contributed by atoms with Crippen molar-refractivity contribution in [2.45, 2.75) is 33.6 Å². The van der Waals surface area contributed by atoms with Crippen molar-refractivity contribution in [2.75, 3.05) is 26.7 Å². The highest BCUT2D eigenvalue weighted by atomic mass is 16.2. The van der Waals surface area contributed by atoms with Gasteiger partial charge >= 0.3 is 0 Å². The second-order valence-corrected chi connectivity index (χ2v) is 5.53. The van der Waals surface area contributed by atoms with Crippen LogP contribution < -0.4 is 5.32 Å². The van der Waals surface area contributed by atoms with Gasteiger partial charge in [-0.2, -0.15) is 0 Å². The minimum Gasteiger partial charge on any atom is -0.342 e. The molecule has 1 rings (SSSR count). The summed E-state index contributed by atoms with van der Waals surface area (Å²) in [5.41, 5.74) is 0. The quantitative estimate of drug-likeness (QED) is 0.774. The lowest BCUT2D eigenvalue weighted by Crippen LogP contribution is -2.37. The third kappa shape index (κ3) is 3.78. The van der Waals surface area contributed by atoms with Crippen LogP contribution in [0.4, 0.5) is 0 Å². The standard InChI is InChI=1S/C13H26N2O/c1-10(2)7-12-5-6-15(9-12)13(16)11(3)8-14-4/h10-12,14H,5-9H2,1-4H3. The molecule has 1 heterocycles. The highest BCUT2D eigenvalue weighted by Gasteiger charge is 2.28. The van der Waals surface area contributed by atoms with Crippen molar-refractivity contribution in [3.8, 4) is 0 Å². The van der Waals surface area contributed by atoms with Gasteiger partial charge in [-0.15, -0.1) is 0 Å². The molecule has 0 aromatic carbocycles. The Hall–Kier alpha value is -0.570. The van der Waals surface area contributed by atoms with Crippen LogP contribution in [0.25, 0.3) is 0 Å². The lowest BCUT2D eigenvalue weighted by Gasteiger charge is -2.21. The van der Waals surface area contributed by atoms with E-state index in [0.717, 1.165) is 31.5 Å². The van der Waals surface area contributed by atoms with E-state index in [2.05, 4.69) is 24.1 Å². The number of nitrogens with one attached hydrogen (secondary N) is 1. The number of carbonyl (C=O) groups excluding carboxylic acids is 1. The van der Waals surface area contributed by atoms with Crippen LogP contribution in [-0.4, -0.2) is 37.5 Å². The molecule has 1 N–H and O–H groups in total. The maximum Gasteiger partial charge on any atom is 0.226 e. The zero-order valence-corrected chi connectivity index (χ0v) is 11.1. The second-order valence-electron chi connectivity index (χ2n) is 5.53. The molecule has 1 fully saturated rings. The van der Waals surface area contributed by atoms with Crippen molar-refractivity contribution in [2.24, 2.45) is 17.8 Å². The molecule has 94 valence electrons. The third-order valence-electron chi connectivity index (χ3n) is 3.33. The zero-order chi connectivity index (χ0) is 12.1. The molecule has 3 nitrogen and oxygen atoms in total. The van der Waals surface area contributed by atoms with Gasteiger partial charge in [-0.25, -0.2) is 0 Å². The number of likely N-dealkylation sites (tertiary alicyclic amines) is 1. The first-order valence-electron chi connectivity index (χ1n) is 6.48. The molecule has 1 aliphatic rings. The average molecular weight is 226 g/mol. The van der Waals surface area contributed by atoms with E-state index in [1.165, 1.54) is 12.8 Å². The Labute approximate surface area is 99.6 Å². The van der Waals surface area contributed by atoms with E-state index < -0.39 is 0 Å². The molecule has 0 aromatic rings. The van der Waals surface area contributed by atoms with Crippen LogP contribution >= 0.6 is 0 Å². The van der Waals surface area contributed by atoms with Crippen molar-refractivity contribution in [1.29, 1.82) is 0 Å². The van der Waals surface area contributed by atoms with Crippen LogP contribution in [0, 0.1) is 17.8 Å². The van der Waals surface area contributed by atoms with Gasteiger partial charge in [-0.1, -0.05) is 20.8 Å². The monoisotopic (exact) mass is 226 g/mol. The van der Waals surface area contributed by atoms with Crippen molar-refractivity contribution >= 4 is 5.91 Å². The number of rotatable bonds is 5. The molecule has 0 bridgehead atoms.